The first-order valence-electron chi connectivity index (χ1n) is 10.0. The van der Waals surface area contributed by atoms with E-state index in [2.05, 4.69) is 58.6 Å². The van der Waals surface area contributed by atoms with Crippen LogP contribution < -0.4 is 0 Å². The number of ether oxygens (including phenoxy) is 1. The van der Waals surface area contributed by atoms with Crippen LogP contribution in [0.1, 0.15) is 37.6 Å². The zero-order valence-electron chi connectivity index (χ0n) is 20.8. The second-order valence-corrected chi connectivity index (χ2v) is 13.8. The molecule has 0 radical (unpaired) electrons. The van der Waals surface area contributed by atoms with Crippen molar-refractivity contribution in [3.05, 3.63) is 80.2 Å². The predicted molar refractivity (Wildman–Crippen MR) is 132 cm³/mol. The van der Waals surface area contributed by atoms with E-state index < -0.39 is 14.3 Å². The summed E-state index contributed by atoms with van der Waals surface area (Å²) in [4.78, 5) is 23.5. The van der Waals surface area contributed by atoms with Crippen molar-refractivity contribution in [2.24, 2.45) is 0 Å². The molecule has 7 nitrogen and oxygen atoms in total. The van der Waals surface area contributed by atoms with E-state index in [0.29, 0.717) is 11.3 Å². The van der Waals surface area contributed by atoms with Crippen molar-refractivity contribution in [1.29, 1.82) is 0 Å². The van der Waals surface area contributed by atoms with Crippen LogP contribution >= 0.6 is 11.8 Å². The van der Waals surface area contributed by atoms with Crippen LogP contribution in [0.4, 0.5) is 0 Å². The number of methoxy groups -OCH3 is 1. The Bertz CT molecular complexity index is 811. The minimum Gasteiger partial charge on any atom is 0 e. The van der Waals surface area contributed by atoms with Gasteiger partial charge in [-0.05, 0) is 24.6 Å². The summed E-state index contributed by atoms with van der Waals surface area (Å²) in [5.74, 6) is 0.272. The molecule has 0 fully saturated rings. The van der Waals surface area contributed by atoms with Gasteiger partial charge in [0.25, 0.3) is 0 Å². The summed E-state index contributed by atoms with van der Waals surface area (Å²) in [6, 6.07) is 9.30. The normalized spacial score (nSPS) is 11.2. The molecule has 1 rings (SSSR count). The Labute approximate surface area is 224 Å². The Balaban J connectivity index is -0.000000634. The molecule has 0 amide bonds. The van der Waals surface area contributed by atoms with Gasteiger partial charge in [0.1, 0.15) is 0 Å². The Morgan fingerprint density at radius 1 is 1.03 bits per heavy atom. The number of hydrogen-bond acceptors (Lipinski definition) is 5. The second kappa shape index (κ2) is 23.8. The van der Waals surface area contributed by atoms with Gasteiger partial charge < -0.3 is 9.16 Å². The SMILES string of the molecule is COC(=O)/C=C/C=C/C(CCSC(=O)c1ccccc1)O[Si](C)(C)C(C)(C)C.[C-]#[O+].[C-]#[O+].[C-]#[O+].[Fe]. The van der Waals surface area contributed by atoms with Crippen molar-refractivity contribution >= 4 is 31.2 Å². The van der Waals surface area contributed by atoms with Crippen LogP contribution in [0, 0.1) is 20.0 Å². The summed E-state index contributed by atoms with van der Waals surface area (Å²) in [7, 11) is -0.611. The Kier molecular flexibility index (Phi) is 27.4. The number of rotatable bonds is 9. The van der Waals surface area contributed by atoms with Crippen molar-refractivity contribution in [2.45, 2.75) is 51.4 Å². The van der Waals surface area contributed by atoms with Crippen LogP contribution in [0.5, 0.6) is 0 Å². The summed E-state index contributed by atoms with van der Waals surface area (Å²) in [5, 5.41) is 0.162. The third kappa shape index (κ3) is 19.0. The van der Waals surface area contributed by atoms with Crippen LogP contribution in [0.3, 0.4) is 0 Å². The van der Waals surface area contributed by atoms with Crippen molar-refractivity contribution < 1.29 is 49.8 Å². The first kappa shape index (κ1) is 40.3. The number of hydrogen-bond donors (Lipinski definition) is 0. The minimum atomic E-state index is -1.96. The van der Waals surface area contributed by atoms with Gasteiger partial charge in [0.05, 0.1) is 13.2 Å². The van der Waals surface area contributed by atoms with E-state index in [4.69, 9.17) is 18.4 Å². The Morgan fingerprint density at radius 3 is 2.00 bits per heavy atom. The molecule has 0 spiro atoms. The summed E-state index contributed by atoms with van der Waals surface area (Å²) >= 11 is 1.31. The van der Waals surface area contributed by atoms with E-state index in [9.17, 15) is 9.59 Å². The molecule has 1 aromatic rings. The monoisotopic (exact) mass is 560 g/mol. The van der Waals surface area contributed by atoms with Crippen LogP contribution in [-0.4, -0.2) is 38.4 Å². The number of benzene rings is 1. The fourth-order valence-electron chi connectivity index (χ4n) is 2.07. The van der Waals surface area contributed by atoms with Crippen molar-refractivity contribution in [1.82, 2.24) is 0 Å². The van der Waals surface area contributed by atoms with E-state index in [0.717, 1.165) is 6.42 Å². The molecule has 0 aliphatic carbocycles. The number of thioether (sulfide) groups is 1. The largest absolute Gasteiger partial charge is 0 e. The third-order valence-electron chi connectivity index (χ3n) is 4.77. The summed E-state index contributed by atoms with van der Waals surface area (Å²) in [5.41, 5.74) is 0.714. The number of allylic oxidation sites excluding steroid dienone is 2. The molecular weight excluding hydrogens is 528 g/mol. The molecule has 0 heterocycles. The molecule has 192 valence electrons. The fraction of sp³-hybridized carbons (Fsp3) is 0.400. The zero-order chi connectivity index (χ0) is 27.2. The second-order valence-electron chi connectivity index (χ2n) is 7.97. The average molecular weight is 561 g/mol. The van der Waals surface area contributed by atoms with Crippen LogP contribution in [0.2, 0.25) is 18.1 Å². The van der Waals surface area contributed by atoms with Gasteiger partial charge in [-0.2, -0.15) is 0 Å². The number of esters is 1. The van der Waals surface area contributed by atoms with Gasteiger partial charge in [-0.25, -0.2) is 4.79 Å². The maximum Gasteiger partial charge on any atom is 0 e. The first-order valence-corrected chi connectivity index (χ1v) is 13.9. The quantitative estimate of drug-likeness (QED) is 0.0987. The van der Waals surface area contributed by atoms with Gasteiger partial charge in [0, 0.05) is 34.5 Å². The molecule has 1 atom stereocenters. The van der Waals surface area contributed by atoms with Crippen molar-refractivity contribution in [2.75, 3.05) is 12.9 Å². The molecule has 0 saturated carbocycles. The number of carbonyl (C=O) groups excluding carboxylic acids is 2. The Morgan fingerprint density at radius 2 is 1.54 bits per heavy atom. The molecule has 1 unspecified atom stereocenters. The summed E-state index contributed by atoms with van der Waals surface area (Å²) in [6.45, 7) is 24.5. The van der Waals surface area contributed by atoms with Crippen molar-refractivity contribution in [3.8, 4) is 0 Å². The van der Waals surface area contributed by atoms with Crippen LogP contribution in [0.25, 0.3) is 0 Å². The van der Waals surface area contributed by atoms with Gasteiger partial charge in [-0.3, -0.25) is 4.79 Å². The van der Waals surface area contributed by atoms with Crippen LogP contribution in [-0.2, 0) is 45.0 Å². The topological polar surface area (TPSA) is 112 Å². The van der Waals surface area contributed by atoms with E-state index in [1.807, 2.05) is 36.4 Å². The molecule has 35 heavy (non-hydrogen) atoms. The standard InChI is InChI=1S/C22H32O4SSi.3CO.Fe/c1-22(2,3)28(5,6)26-19(14-10-11-15-20(23)25-4)16-17-27-21(24)18-12-8-7-9-13-18;3*1-2;/h7-15,19H,16-17H2,1-6H3;;;;/b14-10+,15-11+;;;;. The average Bonchev–Trinajstić information content (AvgIpc) is 2.84. The van der Waals surface area contributed by atoms with Gasteiger partial charge in [-0.15, -0.1) is 0 Å². The fourth-order valence-corrected chi connectivity index (χ4v) is 4.21. The molecule has 10 heteroatoms. The van der Waals surface area contributed by atoms with Gasteiger partial charge >= 0.3 is 39.9 Å². The first-order chi connectivity index (χ1) is 16.1. The molecule has 0 aromatic heterocycles. The summed E-state index contributed by atoms with van der Waals surface area (Å²) in [6.07, 6.45) is 7.38. The smallest absolute Gasteiger partial charge is 0 e. The molecule has 1 aromatic carbocycles. The van der Waals surface area contributed by atoms with Gasteiger partial charge in [0.15, 0.2) is 8.32 Å². The Hall–Kier alpha value is -1.89. The van der Waals surface area contributed by atoms with Gasteiger partial charge in [0.2, 0.25) is 5.12 Å². The van der Waals surface area contributed by atoms with E-state index in [1.165, 1.54) is 24.9 Å². The van der Waals surface area contributed by atoms with Gasteiger partial charge in [-0.1, -0.05) is 81.1 Å². The minimum absolute atomic E-state index is 0. The summed E-state index contributed by atoms with van der Waals surface area (Å²) < 4.78 is 33.6. The van der Waals surface area contributed by atoms with E-state index >= 15 is 0 Å². The van der Waals surface area contributed by atoms with E-state index in [-0.39, 0.29) is 33.3 Å². The van der Waals surface area contributed by atoms with Crippen molar-refractivity contribution in [3.63, 3.8) is 0 Å². The molecule has 0 N–H and O–H groups in total. The zero-order valence-corrected chi connectivity index (χ0v) is 23.7. The molecular formula is C25H32FeO7SSi. The van der Waals surface area contributed by atoms with E-state index in [1.54, 1.807) is 12.2 Å². The maximum absolute atomic E-state index is 12.3. The molecule has 0 saturated heterocycles. The predicted octanol–water partition coefficient (Wildman–Crippen LogP) is 5.51. The molecule has 0 aliphatic heterocycles. The van der Waals surface area contributed by atoms with Crippen LogP contribution in [0.15, 0.2) is 54.6 Å². The maximum atomic E-state index is 12.3. The molecule has 0 bridgehead atoms. The molecule has 0 aliphatic rings. The third-order valence-corrected chi connectivity index (χ3v) is 10.2. The number of carbonyl (C=O) groups is 2.